The first-order valence-electron chi connectivity index (χ1n) is 8.59. The number of hydrogen-bond acceptors (Lipinski definition) is 3. The Kier molecular flexibility index (Phi) is 5.86. The molecule has 5 heteroatoms. The Morgan fingerprint density at radius 2 is 2.00 bits per heavy atom. The van der Waals surface area contributed by atoms with Crippen LogP contribution in [0.3, 0.4) is 0 Å². The molecule has 0 bridgehead atoms. The molecule has 1 fully saturated rings. The molecule has 0 aliphatic carbocycles. The van der Waals surface area contributed by atoms with Gasteiger partial charge >= 0.3 is 6.09 Å². The molecule has 5 nitrogen and oxygen atoms in total. The molecule has 132 valence electrons. The number of amides is 2. The second-order valence-electron chi connectivity index (χ2n) is 7.39. The van der Waals surface area contributed by atoms with Gasteiger partial charge in [-0.2, -0.15) is 0 Å². The van der Waals surface area contributed by atoms with Crippen molar-refractivity contribution < 1.29 is 14.3 Å². The lowest BCUT2D eigenvalue weighted by atomic mass is 9.97. The number of nitrogens with zero attached hydrogens (tertiary/aromatic N) is 1. The van der Waals surface area contributed by atoms with Crippen molar-refractivity contribution in [3.8, 4) is 0 Å². The third kappa shape index (κ3) is 5.25. The van der Waals surface area contributed by atoms with Crippen molar-refractivity contribution in [2.24, 2.45) is 5.92 Å². The summed E-state index contributed by atoms with van der Waals surface area (Å²) in [6.07, 6.45) is 0.834. The normalized spacial score (nSPS) is 19.2. The van der Waals surface area contributed by atoms with E-state index < -0.39 is 11.7 Å². The van der Waals surface area contributed by atoms with Crippen LogP contribution in [0, 0.1) is 5.92 Å². The summed E-state index contributed by atoms with van der Waals surface area (Å²) in [5.41, 5.74) is 0.604. The number of likely N-dealkylation sites (tertiary alicyclic amines) is 1. The van der Waals surface area contributed by atoms with E-state index in [-0.39, 0.29) is 17.9 Å². The van der Waals surface area contributed by atoms with E-state index in [1.54, 1.807) is 0 Å². The van der Waals surface area contributed by atoms with Crippen molar-refractivity contribution in [1.82, 2.24) is 10.2 Å². The van der Waals surface area contributed by atoms with Gasteiger partial charge in [0.2, 0.25) is 5.91 Å². The molecule has 1 saturated heterocycles. The summed E-state index contributed by atoms with van der Waals surface area (Å²) in [5, 5.41) is 2.93. The Bertz CT molecular complexity index is 566. The maximum atomic E-state index is 12.3. The van der Waals surface area contributed by atoms with Gasteiger partial charge in [-0.3, -0.25) is 4.79 Å². The molecule has 2 atom stereocenters. The Balaban J connectivity index is 1.93. The van der Waals surface area contributed by atoms with Crippen LogP contribution < -0.4 is 5.32 Å². The van der Waals surface area contributed by atoms with E-state index in [2.05, 4.69) is 5.32 Å². The van der Waals surface area contributed by atoms with Crippen LogP contribution in [0.4, 0.5) is 4.79 Å². The summed E-state index contributed by atoms with van der Waals surface area (Å²) in [6.45, 7) is 8.84. The Labute approximate surface area is 144 Å². The Morgan fingerprint density at radius 1 is 1.33 bits per heavy atom. The van der Waals surface area contributed by atoms with Crippen LogP contribution in [-0.4, -0.2) is 35.1 Å². The van der Waals surface area contributed by atoms with E-state index in [0.29, 0.717) is 19.5 Å². The highest BCUT2D eigenvalue weighted by Crippen LogP contribution is 2.24. The summed E-state index contributed by atoms with van der Waals surface area (Å²) < 4.78 is 5.33. The van der Waals surface area contributed by atoms with Crippen molar-refractivity contribution in [2.75, 3.05) is 6.54 Å². The molecule has 1 aromatic rings. The minimum absolute atomic E-state index is 0.0513. The lowest BCUT2D eigenvalue weighted by Crippen LogP contribution is -2.43. The minimum Gasteiger partial charge on any atom is -0.444 e. The van der Waals surface area contributed by atoms with Crippen molar-refractivity contribution in [3.63, 3.8) is 0 Å². The number of carbonyl (C=O) groups excluding carboxylic acids is 2. The first kappa shape index (κ1) is 18.3. The van der Waals surface area contributed by atoms with Crippen LogP contribution in [0.25, 0.3) is 0 Å². The molecule has 2 amide bonds. The second-order valence-corrected chi connectivity index (χ2v) is 7.39. The van der Waals surface area contributed by atoms with E-state index in [4.69, 9.17) is 4.74 Å². The fraction of sp³-hybridized carbons (Fsp3) is 0.579. The molecule has 1 aliphatic rings. The molecule has 2 rings (SSSR count). The molecule has 0 radical (unpaired) electrons. The molecule has 1 N–H and O–H groups in total. The highest BCUT2D eigenvalue weighted by molar-refractivity contribution is 5.79. The summed E-state index contributed by atoms with van der Waals surface area (Å²) in [4.78, 5) is 26.2. The molecule has 1 aliphatic heterocycles. The number of rotatable bonds is 5. The van der Waals surface area contributed by atoms with Gasteiger partial charge in [0.25, 0.3) is 0 Å². The number of alkyl carbamates (subject to hydrolysis) is 1. The van der Waals surface area contributed by atoms with Crippen LogP contribution >= 0.6 is 0 Å². The maximum absolute atomic E-state index is 12.3. The number of ether oxygens (including phenoxy) is 1. The average molecular weight is 332 g/mol. The topological polar surface area (TPSA) is 58.6 Å². The van der Waals surface area contributed by atoms with E-state index >= 15 is 0 Å². The summed E-state index contributed by atoms with van der Waals surface area (Å²) in [5.74, 6) is 0.270. The fourth-order valence-corrected chi connectivity index (χ4v) is 3.04. The van der Waals surface area contributed by atoms with Gasteiger partial charge in [0.15, 0.2) is 0 Å². The summed E-state index contributed by atoms with van der Waals surface area (Å²) in [6, 6.07) is 9.92. The lowest BCUT2D eigenvalue weighted by molar-refractivity contribution is -0.128. The fourth-order valence-electron chi connectivity index (χ4n) is 3.04. The first-order valence-corrected chi connectivity index (χ1v) is 8.59. The standard InChI is InChI=1S/C19H28N2O3/c1-5-16(20-18(23)24-19(2,3)4)15-11-17(22)21(13-15)12-14-9-7-6-8-10-14/h6-10,15-16H,5,11-13H2,1-4H3,(H,20,23)/t15?,16-/m0/s1. The molecule has 0 saturated carbocycles. The predicted octanol–water partition coefficient (Wildman–Crippen LogP) is 3.34. The van der Waals surface area contributed by atoms with Crippen LogP contribution in [0.1, 0.15) is 46.1 Å². The van der Waals surface area contributed by atoms with Gasteiger partial charge in [-0.1, -0.05) is 37.3 Å². The Morgan fingerprint density at radius 3 is 2.58 bits per heavy atom. The van der Waals surface area contributed by atoms with E-state index in [9.17, 15) is 9.59 Å². The monoisotopic (exact) mass is 332 g/mol. The molecule has 1 aromatic carbocycles. The number of carbonyl (C=O) groups is 2. The Hall–Kier alpha value is -2.04. The highest BCUT2D eigenvalue weighted by Gasteiger charge is 2.35. The third-order valence-electron chi connectivity index (χ3n) is 4.17. The van der Waals surface area contributed by atoms with Gasteiger partial charge in [0.05, 0.1) is 0 Å². The highest BCUT2D eigenvalue weighted by atomic mass is 16.6. The third-order valence-corrected chi connectivity index (χ3v) is 4.17. The van der Waals surface area contributed by atoms with Gasteiger partial charge < -0.3 is 15.0 Å². The number of hydrogen-bond donors (Lipinski definition) is 1. The van der Waals surface area contributed by atoms with E-state index in [0.717, 1.165) is 12.0 Å². The molecule has 1 heterocycles. The number of nitrogens with one attached hydrogen (secondary N) is 1. The van der Waals surface area contributed by atoms with Gasteiger partial charge in [0, 0.05) is 31.5 Å². The van der Waals surface area contributed by atoms with E-state index in [1.165, 1.54) is 0 Å². The zero-order valence-electron chi connectivity index (χ0n) is 15.0. The second kappa shape index (κ2) is 7.69. The van der Waals surface area contributed by atoms with E-state index in [1.807, 2.05) is 62.9 Å². The first-order chi connectivity index (χ1) is 11.3. The molecule has 0 spiro atoms. The maximum Gasteiger partial charge on any atom is 0.407 e. The van der Waals surface area contributed by atoms with Crippen LogP contribution in [0.5, 0.6) is 0 Å². The quantitative estimate of drug-likeness (QED) is 0.899. The van der Waals surface area contributed by atoms with Gasteiger partial charge in [-0.25, -0.2) is 4.79 Å². The van der Waals surface area contributed by atoms with Gasteiger partial charge in [-0.05, 0) is 32.8 Å². The van der Waals surface area contributed by atoms with Crippen molar-refractivity contribution in [3.05, 3.63) is 35.9 Å². The SMILES string of the molecule is CC[C@H](NC(=O)OC(C)(C)C)C1CC(=O)N(Cc2ccccc2)C1. The smallest absolute Gasteiger partial charge is 0.407 e. The van der Waals surface area contributed by atoms with Crippen molar-refractivity contribution in [1.29, 1.82) is 0 Å². The molecule has 0 aromatic heterocycles. The molecule has 24 heavy (non-hydrogen) atoms. The molecular weight excluding hydrogens is 304 g/mol. The summed E-state index contributed by atoms with van der Waals surface area (Å²) >= 11 is 0. The zero-order chi connectivity index (χ0) is 17.7. The predicted molar refractivity (Wildman–Crippen MR) is 93.4 cm³/mol. The van der Waals surface area contributed by atoms with Crippen LogP contribution in [-0.2, 0) is 16.1 Å². The van der Waals surface area contributed by atoms with Crippen molar-refractivity contribution in [2.45, 2.75) is 58.7 Å². The minimum atomic E-state index is -0.521. The van der Waals surface area contributed by atoms with Crippen molar-refractivity contribution >= 4 is 12.0 Å². The lowest BCUT2D eigenvalue weighted by Gasteiger charge is -2.26. The molecular formula is C19H28N2O3. The zero-order valence-corrected chi connectivity index (χ0v) is 15.0. The summed E-state index contributed by atoms with van der Waals surface area (Å²) in [7, 11) is 0. The average Bonchev–Trinajstić information content (AvgIpc) is 2.85. The van der Waals surface area contributed by atoms with Crippen LogP contribution in [0.2, 0.25) is 0 Å². The largest absolute Gasteiger partial charge is 0.444 e. The van der Waals surface area contributed by atoms with Gasteiger partial charge in [0.1, 0.15) is 5.60 Å². The number of benzene rings is 1. The van der Waals surface area contributed by atoms with Gasteiger partial charge in [-0.15, -0.1) is 0 Å². The van der Waals surface area contributed by atoms with Crippen LogP contribution in [0.15, 0.2) is 30.3 Å². The molecule has 1 unspecified atom stereocenters.